The number of aromatic amines is 3. The maximum Gasteiger partial charge on any atom is 0.341 e. The smallest absolute Gasteiger partial charge is 0.341 e. The molecule has 4 rings (SSSR count). The van der Waals surface area contributed by atoms with Gasteiger partial charge in [-0.25, -0.2) is 24.5 Å². The Morgan fingerprint density at radius 1 is 0.900 bits per heavy atom. The van der Waals surface area contributed by atoms with E-state index < -0.39 is 11.9 Å². The third kappa shape index (κ3) is 4.15. The van der Waals surface area contributed by atoms with Crippen molar-refractivity contribution in [3.63, 3.8) is 0 Å². The Bertz CT molecular complexity index is 1260. The highest BCUT2D eigenvalue weighted by Gasteiger charge is 2.16. The summed E-state index contributed by atoms with van der Waals surface area (Å²) in [4.78, 5) is 53.8. The van der Waals surface area contributed by atoms with Crippen molar-refractivity contribution in [1.29, 1.82) is 0 Å². The summed E-state index contributed by atoms with van der Waals surface area (Å²) in [6.45, 7) is 4.07. The van der Waals surface area contributed by atoms with Gasteiger partial charge in [-0.3, -0.25) is 4.79 Å². The van der Waals surface area contributed by atoms with Crippen molar-refractivity contribution in [1.82, 2.24) is 29.9 Å². The number of halogens is 1. The van der Waals surface area contributed by atoms with E-state index in [0.29, 0.717) is 28.7 Å². The molecule has 4 heterocycles. The molecule has 0 amide bonds. The number of ether oxygens (including phenoxy) is 2. The summed E-state index contributed by atoms with van der Waals surface area (Å²) in [5, 5.41) is 0.288. The third-order valence-electron chi connectivity index (χ3n) is 3.88. The minimum absolute atomic E-state index is 0.276. The van der Waals surface area contributed by atoms with Gasteiger partial charge in [0, 0.05) is 12.4 Å². The van der Waals surface area contributed by atoms with E-state index in [2.05, 4.69) is 29.9 Å². The number of H-pyrrole nitrogens is 3. The van der Waals surface area contributed by atoms with Crippen LogP contribution in [0.1, 0.15) is 34.6 Å². The van der Waals surface area contributed by atoms with Gasteiger partial charge in [0.1, 0.15) is 39.5 Å². The Hall–Kier alpha value is -3.73. The molecular formula is C18H17ClN6O5. The lowest BCUT2D eigenvalue weighted by molar-refractivity contribution is 0.0518. The molecule has 0 bridgehead atoms. The van der Waals surface area contributed by atoms with E-state index >= 15 is 0 Å². The minimum Gasteiger partial charge on any atom is -0.462 e. The molecule has 0 spiro atoms. The number of nitrogens with one attached hydrogen (secondary N) is 3. The highest BCUT2D eigenvalue weighted by atomic mass is 35.5. The van der Waals surface area contributed by atoms with E-state index in [1.807, 2.05) is 0 Å². The number of aromatic nitrogens is 6. The molecule has 0 aliphatic carbocycles. The highest BCUT2D eigenvalue weighted by molar-refractivity contribution is 6.34. The van der Waals surface area contributed by atoms with Crippen LogP contribution < -0.4 is 5.56 Å². The van der Waals surface area contributed by atoms with Crippen LogP contribution in [0, 0.1) is 0 Å². The summed E-state index contributed by atoms with van der Waals surface area (Å²) in [6.07, 6.45) is 5.50. The predicted molar refractivity (Wildman–Crippen MR) is 108 cm³/mol. The van der Waals surface area contributed by atoms with Gasteiger partial charge >= 0.3 is 11.9 Å². The van der Waals surface area contributed by atoms with Gasteiger partial charge in [-0.05, 0) is 13.8 Å². The number of carbonyl (C=O) groups is 2. The van der Waals surface area contributed by atoms with Crippen LogP contribution in [0.15, 0.2) is 29.8 Å². The van der Waals surface area contributed by atoms with Gasteiger partial charge in [0.25, 0.3) is 5.56 Å². The second kappa shape index (κ2) is 9.18. The minimum atomic E-state index is -0.484. The molecule has 3 N–H and O–H groups in total. The molecule has 0 saturated heterocycles. The van der Waals surface area contributed by atoms with Crippen molar-refractivity contribution in [3.05, 3.63) is 51.7 Å². The molecule has 0 aromatic carbocycles. The van der Waals surface area contributed by atoms with Crippen molar-refractivity contribution in [2.45, 2.75) is 13.8 Å². The van der Waals surface area contributed by atoms with E-state index in [-0.39, 0.29) is 28.4 Å². The number of nitrogens with zero attached hydrogens (tertiary/aromatic N) is 3. The monoisotopic (exact) mass is 432 g/mol. The van der Waals surface area contributed by atoms with Crippen molar-refractivity contribution >= 4 is 45.6 Å². The lowest BCUT2D eigenvalue weighted by Crippen LogP contribution is -2.08. The molecule has 30 heavy (non-hydrogen) atoms. The van der Waals surface area contributed by atoms with Gasteiger partial charge in [-0.2, -0.15) is 0 Å². The summed E-state index contributed by atoms with van der Waals surface area (Å²) in [6, 6.07) is 0. The molecule has 12 heteroatoms. The molecule has 156 valence electrons. The van der Waals surface area contributed by atoms with Crippen molar-refractivity contribution < 1.29 is 19.1 Å². The molecule has 0 unspecified atom stereocenters. The van der Waals surface area contributed by atoms with E-state index in [9.17, 15) is 14.4 Å². The van der Waals surface area contributed by atoms with Crippen molar-refractivity contribution in [2.75, 3.05) is 13.2 Å². The van der Waals surface area contributed by atoms with Crippen LogP contribution in [0.2, 0.25) is 5.15 Å². The zero-order chi connectivity index (χ0) is 21.7. The van der Waals surface area contributed by atoms with Crippen LogP contribution in [0.4, 0.5) is 0 Å². The van der Waals surface area contributed by atoms with E-state index in [0.717, 1.165) is 0 Å². The summed E-state index contributed by atoms with van der Waals surface area (Å²) >= 11 is 5.82. The maximum absolute atomic E-state index is 11.5. The molecule has 4 aromatic heterocycles. The molecule has 4 aromatic rings. The van der Waals surface area contributed by atoms with Crippen LogP contribution in [-0.2, 0) is 9.47 Å². The number of hydrogen-bond acceptors (Lipinski definition) is 8. The van der Waals surface area contributed by atoms with Crippen LogP contribution in [0.5, 0.6) is 0 Å². The average Bonchev–Trinajstić information content (AvgIpc) is 3.35. The zero-order valence-electron chi connectivity index (χ0n) is 16.0. The van der Waals surface area contributed by atoms with Crippen LogP contribution in [-0.4, -0.2) is 55.1 Å². The van der Waals surface area contributed by atoms with Gasteiger partial charge in [0.2, 0.25) is 0 Å². The average molecular weight is 433 g/mol. The topological polar surface area (TPSA) is 156 Å². The normalized spacial score (nSPS) is 10.5. The number of carbonyl (C=O) groups excluding carboxylic acids is 2. The van der Waals surface area contributed by atoms with Crippen LogP contribution in [0.25, 0.3) is 22.1 Å². The fourth-order valence-corrected chi connectivity index (χ4v) is 2.78. The lowest BCUT2D eigenvalue weighted by Gasteiger charge is -1.98. The Morgan fingerprint density at radius 2 is 1.47 bits per heavy atom. The summed E-state index contributed by atoms with van der Waals surface area (Å²) < 4.78 is 9.69. The second-order valence-corrected chi connectivity index (χ2v) is 6.05. The third-order valence-corrected chi connectivity index (χ3v) is 4.16. The Labute approximate surface area is 173 Å². The van der Waals surface area contributed by atoms with E-state index in [1.165, 1.54) is 25.0 Å². The fraction of sp³-hybridized carbons (Fsp3) is 0.222. The van der Waals surface area contributed by atoms with E-state index in [1.54, 1.807) is 13.8 Å². The molecule has 11 nitrogen and oxygen atoms in total. The predicted octanol–water partition coefficient (Wildman–Crippen LogP) is 2.22. The van der Waals surface area contributed by atoms with Gasteiger partial charge in [-0.15, -0.1) is 0 Å². The maximum atomic E-state index is 11.5. The quantitative estimate of drug-likeness (QED) is 0.327. The molecule has 0 atom stereocenters. The summed E-state index contributed by atoms with van der Waals surface area (Å²) in [7, 11) is 0. The molecule has 0 fully saturated rings. The van der Waals surface area contributed by atoms with Gasteiger partial charge in [0.15, 0.2) is 5.15 Å². The number of fused-ring (bicyclic) bond motifs is 2. The summed E-state index contributed by atoms with van der Waals surface area (Å²) in [5.74, 6) is -0.902. The Kier molecular flexibility index (Phi) is 6.42. The SMILES string of the molecule is CCOC(=O)c1c[nH]c2c(=O)[nH]cnc12.CCOC(=O)c1c[nH]c2c(Cl)ncnc12. The first-order valence-corrected chi connectivity index (χ1v) is 9.22. The second-order valence-electron chi connectivity index (χ2n) is 5.69. The Balaban J connectivity index is 0.000000171. The Morgan fingerprint density at radius 3 is 2.07 bits per heavy atom. The van der Waals surface area contributed by atoms with Gasteiger partial charge < -0.3 is 24.4 Å². The summed E-state index contributed by atoms with van der Waals surface area (Å²) in [5.41, 5.74) is 1.97. The first-order chi connectivity index (χ1) is 14.5. The molecule has 0 radical (unpaired) electrons. The van der Waals surface area contributed by atoms with E-state index in [4.69, 9.17) is 21.1 Å². The molecular weight excluding hydrogens is 416 g/mol. The lowest BCUT2D eigenvalue weighted by atomic mass is 10.3. The first kappa shape index (κ1) is 21.0. The van der Waals surface area contributed by atoms with Gasteiger partial charge in [-0.1, -0.05) is 11.6 Å². The molecule has 0 aliphatic rings. The largest absolute Gasteiger partial charge is 0.462 e. The van der Waals surface area contributed by atoms with Gasteiger partial charge in [0.05, 0.1) is 19.5 Å². The number of esters is 2. The van der Waals surface area contributed by atoms with Crippen LogP contribution >= 0.6 is 11.6 Å². The fourth-order valence-electron chi connectivity index (χ4n) is 2.59. The first-order valence-electron chi connectivity index (χ1n) is 8.84. The molecule has 0 saturated carbocycles. The standard InChI is InChI=1S/C9H8ClN3O2.C9H9N3O3/c1-2-15-9(14)5-3-11-7-6(5)12-4-13-8(7)10;1-2-15-9(14)5-3-10-7-6(5)11-4-12-8(7)13/h3-4,11H,2H2,1H3;3-4,10H,2H2,1H3,(H,11,12,13). The molecule has 0 aliphatic heterocycles. The highest BCUT2D eigenvalue weighted by Crippen LogP contribution is 2.21. The van der Waals surface area contributed by atoms with Crippen molar-refractivity contribution in [3.8, 4) is 0 Å². The number of hydrogen-bond donors (Lipinski definition) is 3. The van der Waals surface area contributed by atoms with Crippen molar-refractivity contribution in [2.24, 2.45) is 0 Å². The zero-order valence-corrected chi connectivity index (χ0v) is 16.7. The van der Waals surface area contributed by atoms with Crippen LogP contribution in [0.3, 0.4) is 0 Å². The number of rotatable bonds is 4.